The van der Waals surface area contributed by atoms with Gasteiger partial charge in [0.2, 0.25) is 0 Å². The molecule has 2 heterocycles. The van der Waals surface area contributed by atoms with Gasteiger partial charge in [0, 0.05) is 43.1 Å². The molecule has 1 aromatic rings. The Hall–Kier alpha value is -1.42. The molecule has 1 saturated heterocycles. The van der Waals surface area contributed by atoms with Gasteiger partial charge >= 0.3 is 0 Å². The molecule has 4 heteroatoms. The molecule has 0 aliphatic carbocycles. The maximum Gasteiger partial charge on any atom is 0.251 e. The van der Waals surface area contributed by atoms with Crippen molar-refractivity contribution in [3.63, 3.8) is 0 Å². The highest BCUT2D eigenvalue weighted by Gasteiger charge is 2.22. The average Bonchev–Trinajstić information content (AvgIpc) is 2.40. The predicted molar refractivity (Wildman–Crippen MR) is 71.4 cm³/mol. The zero-order valence-electron chi connectivity index (χ0n) is 11.1. The molecule has 0 aromatic carbocycles. The fraction of sp³-hybridized carbons (Fsp3) is 0.571. The Morgan fingerprint density at radius 2 is 1.94 bits per heavy atom. The van der Waals surface area contributed by atoms with Gasteiger partial charge in [0.05, 0.1) is 0 Å². The number of hydrogen-bond acceptors (Lipinski definition) is 3. The van der Waals surface area contributed by atoms with Gasteiger partial charge in [-0.3, -0.25) is 9.78 Å². The molecule has 1 amide bonds. The summed E-state index contributed by atoms with van der Waals surface area (Å²) in [5.74, 6) is 0.0143. The molecule has 0 atom stereocenters. The molecular weight excluding hydrogens is 226 g/mol. The van der Waals surface area contributed by atoms with E-state index >= 15 is 0 Å². The summed E-state index contributed by atoms with van der Waals surface area (Å²) < 4.78 is 0. The van der Waals surface area contributed by atoms with Crippen molar-refractivity contribution in [2.45, 2.75) is 38.8 Å². The number of pyridine rings is 1. The van der Waals surface area contributed by atoms with Crippen molar-refractivity contribution in [2.75, 3.05) is 13.1 Å². The third kappa shape index (κ3) is 3.29. The molecule has 0 bridgehead atoms. The van der Waals surface area contributed by atoms with Gasteiger partial charge in [0.1, 0.15) is 0 Å². The molecule has 1 fully saturated rings. The quantitative estimate of drug-likeness (QED) is 0.884. The van der Waals surface area contributed by atoms with E-state index < -0.39 is 0 Å². The molecule has 1 aromatic heterocycles. The molecule has 1 aliphatic heterocycles. The van der Waals surface area contributed by atoms with Crippen LogP contribution in [0.15, 0.2) is 24.5 Å². The van der Waals surface area contributed by atoms with Gasteiger partial charge < -0.3 is 10.2 Å². The largest absolute Gasteiger partial charge is 0.349 e. The molecule has 0 spiro atoms. The Morgan fingerprint density at radius 3 is 2.50 bits per heavy atom. The third-order valence-corrected chi connectivity index (χ3v) is 3.54. The van der Waals surface area contributed by atoms with Crippen LogP contribution in [0.5, 0.6) is 0 Å². The lowest BCUT2D eigenvalue weighted by Gasteiger charge is -2.34. The standard InChI is InChI=1S/C14H21N3O/c1-11(2)17-9-5-13(6-10-17)16-14(18)12-3-7-15-8-4-12/h3-4,7-8,11,13H,5-6,9-10H2,1-2H3,(H,16,18). The van der Waals surface area contributed by atoms with Gasteiger partial charge in [-0.2, -0.15) is 0 Å². The number of likely N-dealkylation sites (tertiary alicyclic amines) is 1. The second-order valence-corrected chi connectivity index (χ2v) is 5.11. The normalized spacial score (nSPS) is 17.9. The third-order valence-electron chi connectivity index (χ3n) is 3.54. The summed E-state index contributed by atoms with van der Waals surface area (Å²) in [7, 11) is 0. The van der Waals surface area contributed by atoms with Crippen LogP contribution in [-0.4, -0.2) is 41.0 Å². The summed E-state index contributed by atoms with van der Waals surface area (Å²) in [5, 5.41) is 3.10. The molecule has 98 valence electrons. The predicted octanol–water partition coefficient (Wildman–Crippen LogP) is 1.68. The number of aromatic nitrogens is 1. The molecular formula is C14H21N3O. The fourth-order valence-electron chi connectivity index (χ4n) is 2.33. The van der Waals surface area contributed by atoms with Gasteiger partial charge in [0.15, 0.2) is 0 Å². The van der Waals surface area contributed by atoms with E-state index in [1.165, 1.54) is 0 Å². The van der Waals surface area contributed by atoms with Crippen molar-refractivity contribution in [3.8, 4) is 0 Å². The van der Waals surface area contributed by atoms with E-state index in [-0.39, 0.29) is 5.91 Å². The molecule has 2 rings (SSSR count). The van der Waals surface area contributed by atoms with Gasteiger partial charge in [-0.15, -0.1) is 0 Å². The zero-order chi connectivity index (χ0) is 13.0. The highest BCUT2D eigenvalue weighted by Crippen LogP contribution is 2.13. The molecule has 0 radical (unpaired) electrons. The van der Waals surface area contributed by atoms with Gasteiger partial charge in [-0.25, -0.2) is 0 Å². The summed E-state index contributed by atoms with van der Waals surface area (Å²) >= 11 is 0. The van der Waals surface area contributed by atoms with Crippen LogP contribution in [-0.2, 0) is 0 Å². The smallest absolute Gasteiger partial charge is 0.251 e. The Balaban J connectivity index is 1.83. The minimum atomic E-state index is 0.0143. The minimum Gasteiger partial charge on any atom is -0.349 e. The summed E-state index contributed by atoms with van der Waals surface area (Å²) in [4.78, 5) is 18.3. The fourth-order valence-corrected chi connectivity index (χ4v) is 2.33. The van der Waals surface area contributed by atoms with E-state index in [1.54, 1.807) is 24.5 Å². The molecule has 18 heavy (non-hydrogen) atoms. The first-order chi connectivity index (χ1) is 8.66. The van der Waals surface area contributed by atoms with Crippen LogP contribution in [0.4, 0.5) is 0 Å². The molecule has 1 aliphatic rings. The van der Waals surface area contributed by atoms with E-state index in [9.17, 15) is 4.79 Å². The lowest BCUT2D eigenvalue weighted by atomic mass is 10.0. The lowest BCUT2D eigenvalue weighted by Crippen LogP contribution is -2.46. The SMILES string of the molecule is CC(C)N1CCC(NC(=O)c2ccncc2)CC1. The molecule has 4 nitrogen and oxygen atoms in total. The lowest BCUT2D eigenvalue weighted by molar-refractivity contribution is 0.0900. The van der Waals surface area contributed by atoms with Crippen LogP contribution in [0.1, 0.15) is 37.0 Å². The number of amides is 1. The second kappa shape index (κ2) is 5.96. The first kappa shape index (κ1) is 13.0. The van der Waals surface area contributed by atoms with Crippen LogP contribution >= 0.6 is 0 Å². The molecule has 1 N–H and O–H groups in total. The Kier molecular flexibility index (Phi) is 4.31. The van der Waals surface area contributed by atoms with Crippen molar-refractivity contribution < 1.29 is 4.79 Å². The van der Waals surface area contributed by atoms with E-state index in [2.05, 4.69) is 29.0 Å². The van der Waals surface area contributed by atoms with Crippen molar-refractivity contribution >= 4 is 5.91 Å². The van der Waals surface area contributed by atoms with Crippen LogP contribution in [0.2, 0.25) is 0 Å². The number of carbonyl (C=O) groups excluding carboxylic acids is 1. The number of rotatable bonds is 3. The Morgan fingerprint density at radius 1 is 1.33 bits per heavy atom. The number of nitrogens with one attached hydrogen (secondary N) is 1. The van der Waals surface area contributed by atoms with Crippen LogP contribution in [0.3, 0.4) is 0 Å². The van der Waals surface area contributed by atoms with Gasteiger partial charge in [0.25, 0.3) is 5.91 Å². The minimum absolute atomic E-state index is 0.0143. The van der Waals surface area contributed by atoms with E-state index in [0.717, 1.165) is 25.9 Å². The van der Waals surface area contributed by atoms with Crippen molar-refractivity contribution in [1.82, 2.24) is 15.2 Å². The summed E-state index contributed by atoms with van der Waals surface area (Å²) in [6, 6.07) is 4.40. The molecule has 0 saturated carbocycles. The van der Waals surface area contributed by atoms with Gasteiger partial charge in [-0.05, 0) is 38.8 Å². The van der Waals surface area contributed by atoms with Crippen molar-refractivity contribution in [1.29, 1.82) is 0 Å². The molecule has 0 unspecified atom stereocenters. The zero-order valence-corrected chi connectivity index (χ0v) is 11.1. The Labute approximate surface area is 108 Å². The van der Waals surface area contributed by atoms with E-state index in [0.29, 0.717) is 17.6 Å². The first-order valence-corrected chi connectivity index (χ1v) is 6.62. The maximum absolute atomic E-state index is 12.0. The highest BCUT2D eigenvalue weighted by molar-refractivity contribution is 5.94. The van der Waals surface area contributed by atoms with Crippen LogP contribution in [0.25, 0.3) is 0 Å². The second-order valence-electron chi connectivity index (χ2n) is 5.11. The monoisotopic (exact) mass is 247 g/mol. The van der Waals surface area contributed by atoms with Crippen LogP contribution in [0, 0.1) is 0 Å². The topological polar surface area (TPSA) is 45.2 Å². The van der Waals surface area contributed by atoms with Crippen LogP contribution < -0.4 is 5.32 Å². The summed E-state index contributed by atoms with van der Waals surface area (Å²) in [5.41, 5.74) is 0.691. The first-order valence-electron chi connectivity index (χ1n) is 6.62. The summed E-state index contributed by atoms with van der Waals surface area (Å²) in [6.07, 6.45) is 5.37. The average molecular weight is 247 g/mol. The van der Waals surface area contributed by atoms with Crippen molar-refractivity contribution in [3.05, 3.63) is 30.1 Å². The highest BCUT2D eigenvalue weighted by atomic mass is 16.1. The Bertz CT molecular complexity index is 383. The number of nitrogens with zero attached hydrogens (tertiary/aromatic N) is 2. The number of hydrogen-bond donors (Lipinski definition) is 1. The number of piperidine rings is 1. The van der Waals surface area contributed by atoms with Crippen molar-refractivity contribution in [2.24, 2.45) is 0 Å². The maximum atomic E-state index is 12.0. The van der Waals surface area contributed by atoms with E-state index in [1.807, 2.05) is 0 Å². The van der Waals surface area contributed by atoms with E-state index in [4.69, 9.17) is 0 Å². The van der Waals surface area contributed by atoms with Gasteiger partial charge in [-0.1, -0.05) is 0 Å². The summed E-state index contributed by atoms with van der Waals surface area (Å²) in [6.45, 7) is 6.57. The number of carbonyl (C=O) groups is 1.